The smallest absolute Gasteiger partial charge is 0.546 e. The molecule has 0 fully saturated rings. The quantitative estimate of drug-likeness (QED) is 0.525. The minimum atomic E-state index is -1.84. The van der Waals surface area contributed by atoms with Crippen molar-refractivity contribution in [3.63, 3.8) is 0 Å². The molecule has 0 aliphatic rings. The molecule has 1 rings (SSSR count). The molecule has 0 spiro atoms. The van der Waals surface area contributed by atoms with E-state index in [0.717, 1.165) is 6.07 Å². The van der Waals surface area contributed by atoms with Gasteiger partial charge in [0.25, 0.3) is 5.91 Å². The van der Waals surface area contributed by atoms with E-state index in [1.54, 1.807) is 0 Å². The van der Waals surface area contributed by atoms with Gasteiger partial charge in [0, 0.05) is 0 Å². The third kappa shape index (κ3) is 4.70. The van der Waals surface area contributed by atoms with Gasteiger partial charge in [-0.25, -0.2) is 8.78 Å². The summed E-state index contributed by atoms with van der Waals surface area (Å²) in [4.78, 5) is 21.2. The summed E-state index contributed by atoms with van der Waals surface area (Å²) >= 11 is 0. The number of primary amides is 1. The summed E-state index contributed by atoms with van der Waals surface area (Å²) in [5.74, 6) is -6.54. The van der Waals surface area contributed by atoms with E-state index < -0.39 is 47.5 Å². The van der Waals surface area contributed by atoms with Crippen LogP contribution < -0.4 is 84.5 Å². The van der Waals surface area contributed by atoms with Gasteiger partial charge in [0.05, 0.1) is 12.6 Å². The second kappa shape index (κ2) is 8.19. The zero-order chi connectivity index (χ0) is 13.9. The Morgan fingerprint density at radius 1 is 1.42 bits per heavy atom. The molecule has 98 valence electrons. The van der Waals surface area contributed by atoms with Gasteiger partial charge in [0.2, 0.25) is 0 Å². The molecule has 3 N–H and O–H groups in total. The fourth-order valence-corrected chi connectivity index (χ4v) is 1.16. The normalized spacial score (nSPS) is 11.3. The van der Waals surface area contributed by atoms with Crippen LogP contribution in [0, 0.1) is 11.6 Å². The number of hydrogen-bond donors (Lipinski definition) is 2. The number of carbonyl (C=O) groups is 2. The van der Waals surface area contributed by atoms with Crippen molar-refractivity contribution in [1.29, 1.82) is 0 Å². The summed E-state index contributed by atoms with van der Waals surface area (Å²) in [6.45, 7) is -0.981. The van der Waals surface area contributed by atoms with Crippen LogP contribution in [0.3, 0.4) is 0 Å². The first-order chi connectivity index (χ1) is 8.38. The minimum Gasteiger partial charge on any atom is -0.546 e. The van der Waals surface area contributed by atoms with Crippen LogP contribution in [0.5, 0.6) is 5.75 Å². The largest absolute Gasteiger partial charge is 1.00 e. The average Bonchev–Trinajstić information content (AvgIpc) is 2.27. The third-order valence-corrected chi connectivity index (χ3v) is 2.00. The Labute approximate surface area is 165 Å². The van der Waals surface area contributed by atoms with E-state index in [1.807, 2.05) is 0 Å². The average molecular weight is 393 g/mol. The molecule has 1 amide bonds. The summed E-state index contributed by atoms with van der Waals surface area (Å²) in [6, 6.07) is 1.45. The number of carboxylic acid groups (broad SMARTS) is 1. The molecule has 0 aliphatic carbocycles. The Hall–Kier alpha value is -0.168. The maximum Gasteiger partial charge on any atom is 1.00 e. The van der Waals surface area contributed by atoms with Crippen LogP contribution in [0.15, 0.2) is 12.1 Å². The Balaban J connectivity index is 0.00000324. The van der Waals surface area contributed by atoms with Crippen LogP contribution in [0.1, 0.15) is 10.4 Å². The fraction of sp³-hybridized carbons (Fsp3) is 0.200. The van der Waals surface area contributed by atoms with Gasteiger partial charge < -0.3 is 25.5 Å². The number of carbonyl (C=O) groups excluding carboxylic acids is 2. The first-order valence-corrected chi connectivity index (χ1v) is 4.64. The maximum atomic E-state index is 13.6. The molecule has 0 radical (unpaired) electrons. The van der Waals surface area contributed by atoms with Gasteiger partial charge in [-0.05, 0) is 12.1 Å². The molecule has 0 heterocycles. The molecule has 0 bridgehead atoms. The number of carboxylic acids is 1. The Kier molecular flexibility index (Phi) is 8.12. The van der Waals surface area contributed by atoms with Gasteiger partial charge in [-0.2, -0.15) is 0 Å². The number of nitrogens with two attached hydrogens (primary N) is 1. The molecule has 1 aromatic carbocycles. The van der Waals surface area contributed by atoms with E-state index in [2.05, 4.69) is 4.74 Å². The maximum absolute atomic E-state index is 13.6. The number of aliphatic hydroxyl groups excluding tert-OH is 1. The van der Waals surface area contributed by atoms with Gasteiger partial charge >= 0.3 is 68.9 Å². The second-order valence-electron chi connectivity index (χ2n) is 3.21. The monoisotopic (exact) mass is 393 g/mol. The minimum absolute atomic E-state index is 0. The van der Waals surface area contributed by atoms with E-state index in [9.17, 15) is 23.5 Å². The Bertz CT molecular complexity index is 497. The molecule has 1 aromatic rings. The molecule has 9 heteroatoms. The zero-order valence-electron chi connectivity index (χ0n) is 9.85. The van der Waals surface area contributed by atoms with Crippen molar-refractivity contribution < 1.29 is 102 Å². The number of ether oxygens (including phenoxy) is 1. The molecule has 0 saturated heterocycles. The summed E-state index contributed by atoms with van der Waals surface area (Å²) < 4.78 is 31.2. The Morgan fingerprint density at radius 3 is 2.42 bits per heavy atom. The van der Waals surface area contributed by atoms with E-state index in [0.29, 0.717) is 6.07 Å². The van der Waals surface area contributed by atoms with Gasteiger partial charge in [-0.15, -0.1) is 0 Å². The predicted molar refractivity (Wildman–Crippen MR) is 51.4 cm³/mol. The Morgan fingerprint density at radius 2 is 2.00 bits per heavy atom. The van der Waals surface area contributed by atoms with Crippen LogP contribution in [0.4, 0.5) is 8.78 Å². The molecular formula is C10H8CsF2NO5. The van der Waals surface area contributed by atoms with E-state index in [-0.39, 0.29) is 68.9 Å². The van der Waals surface area contributed by atoms with Gasteiger partial charge in [-0.1, -0.05) is 0 Å². The molecule has 0 aromatic heterocycles. The van der Waals surface area contributed by atoms with E-state index in [1.165, 1.54) is 0 Å². The first kappa shape index (κ1) is 18.8. The summed E-state index contributed by atoms with van der Waals surface area (Å²) in [7, 11) is 0. The number of aliphatic carboxylic acids is 1. The van der Waals surface area contributed by atoms with Crippen LogP contribution >= 0.6 is 0 Å². The van der Waals surface area contributed by atoms with Gasteiger partial charge in [-0.3, -0.25) is 4.79 Å². The van der Waals surface area contributed by atoms with Crippen molar-refractivity contribution in [1.82, 2.24) is 0 Å². The van der Waals surface area contributed by atoms with Crippen molar-refractivity contribution in [3.05, 3.63) is 29.3 Å². The molecular weight excluding hydrogens is 385 g/mol. The molecule has 0 aliphatic heterocycles. The van der Waals surface area contributed by atoms with Crippen LogP contribution in [-0.2, 0) is 4.79 Å². The molecule has 6 nitrogen and oxygen atoms in total. The molecule has 19 heavy (non-hydrogen) atoms. The fourth-order valence-electron chi connectivity index (χ4n) is 1.16. The van der Waals surface area contributed by atoms with E-state index in [4.69, 9.17) is 10.8 Å². The van der Waals surface area contributed by atoms with Gasteiger partial charge in [0.15, 0.2) is 17.7 Å². The molecule has 0 saturated carbocycles. The summed E-state index contributed by atoms with van der Waals surface area (Å²) in [6.07, 6.45) is -1.84. The number of halogens is 2. The third-order valence-electron chi connectivity index (χ3n) is 2.00. The van der Waals surface area contributed by atoms with Crippen molar-refractivity contribution in [2.75, 3.05) is 6.61 Å². The number of hydrogen-bond acceptors (Lipinski definition) is 5. The summed E-state index contributed by atoms with van der Waals surface area (Å²) in [5, 5.41) is 19.1. The van der Waals surface area contributed by atoms with Crippen molar-refractivity contribution in [2.24, 2.45) is 5.73 Å². The van der Waals surface area contributed by atoms with Crippen molar-refractivity contribution in [2.45, 2.75) is 6.10 Å². The van der Waals surface area contributed by atoms with Crippen LogP contribution in [0.2, 0.25) is 0 Å². The molecule has 1 atom stereocenters. The van der Waals surface area contributed by atoms with E-state index >= 15 is 0 Å². The number of aliphatic hydroxyl groups is 1. The first-order valence-electron chi connectivity index (χ1n) is 4.64. The summed E-state index contributed by atoms with van der Waals surface area (Å²) in [5.41, 5.74) is 3.70. The van der Waals surface area contributed by atoms with Crippen molar-refractivity contribution in [3.8, 4) is 5.75 Å². The second-order valence-corrected chi connectivity index (χ2v) is 3.21. The number of benzene rings is 1. The van der Waals surface area contributed by atoms with Crippen LogP contribution in [-0.4, -0.2) is 29.7 Å². The standard InChI is InChI=1S/C10H9F2NO5.Cs/c11-4-1-2-5(8(12)7(4)9(13)15)18-6(3-14)10(16)17;/h1-2,6,14H,3H2,(H2,13,15)(H,16,17);/q;+1/p-1. The predicted octanol–water partition coefficient (Wildman–Crippen LogP) is -4.44. The number of rotatable bonds is 5. The molecule has 1 unspecified atom stereocenters. The van der Waals surface area contributed by atoms with Crippen molar-refractivity contribution >= 4 is 11.9 Å². The SMILES string of the molecule is NC(=O)c1c(F)ccc(OC(CO)C(=O)[O-])c1F.[Cs+]. The zero-order valence-corrected chi connectivity index (χ0v) is 16.1. The number of amides is 1. The topological polar surface area (TPSA) is 113 Å². The van der Waals surface area contributed by atoms with Gasteiger partial charge in [0.1, 0.15) is 11.4 Å². The van der Waals surface area contributed by atoms with Crippen LogP contribution in [0.25, 0.3) is 0 Å².